The normalized spacial score (nSPS) is 23.8. The van der Waals surface area contributed by atoms with Crippen LogP contribution in [0.25, 0.3) is 0 Å². The molecule has 0 aromatic heterocycles. The van der Waals surface area contributed by atoms with E-state index in [1.54, 1.807) is 0 Å². The quantitative estimate of drug-likeness (QED) is 0.775. The first-order chi connectivity index (χ1) is 13.2. The van der Waals surface area contributed by atoms with Crippen molar-refractivity contribution >= 4 is 11.8 Å². The van der Waals surface area contributed by atoms with Crippen LogP contribution >= 0.6 is 0 Å². The van der Waals surface area contributed by atoms with Gasteiger partial charge in [-0.15, -0.1) is 0 Å². The maximum Gasteiger partial charge on any atom is 0.237 e. The molecule has 0 spiro atoms. The predicted molar refractivity (Wildman–Crippen MR) is 107 cm³/mol. The lowest BCUT2D eigenvalue weighted by molar-refractivity contribution is -0.133. The molecule has 3 unspecified atom stereocenters. The molecule has 5 nitrogen and oxygen atoms in total. The number of amides is 2. The molecule has 0 bridgehead atoms. The molecule has 2 amide bonds. The van der Waals surface area contributed by atoms with Crippen LogP contribution in [0.3, 0.4) is 0 Å². The van der Waals surface area contributed by atoms with Crippen LogP contribution in [0.5, 0.6) is 0 Å². The zero-order valence-corrected chi connectivity index (χ0v) is 16.5. The van der Waals surface area contributed by atoms with Crippen LogP contribution in [0.2, 0.25) is 0 Å². The molecular formula is C22H33N3O2. The van der Waals surface area contributed by atoms with Crippen molar-refractivity contribution in [2.75, 3.05) is 26.2 Å². The first-order valence-electron chi connectivity index (χ1n) is 10.5. The Bertz CT molecular complexity index is 613. The maximum atomic E-state index is 12.9. The van der Waals surface area contributed by atoms with Crippen molar-refractivity contribution in [3.63, 3.8) is 0 Å². The molecular weight excluding hydrogens is 338 g/mol. The molecule has 0 saturated carbocycles. The molecule has 2 aliphatic heterocycles. The van der Waals surface area contributed by atoms with Crippen molar-refractivity contribution in [1.29, 1.82) is 0 Å². The van der Waals surface area contributed by atoms with Gasteiger partial charge in [-0.1, -0.05) is 37.3 Å². The fourth-order valence-corrected chi connectivity index (χ4v) is 4.30. The Hall–Kier alpha value is -1.88. The van der Waals surface area contributed by atoms with Crippen molar-refractivity contribution < 1.29 is 9.59 Å². The monoisotopic (exact) mass is 371 g/mol. The summed E-state index contributed by atoms with van der Waals surface area (Å²) in [5.41, 5.74) is 1.25. The molecule has 0 aliphatic carbocycles. The molecule has 2 aliphatic rings. The topological polar surface area (TPSA) is 61.4 Å². The largest absolute Gasteiger partial charge is 0.354 e. The number of hydrogen-bond acceptors (Lipinski definition) is 3. The lowest BCUT2D eigenvalue weighted by Gasteiger charge is -2.34. The Labute approximate surface area is 162 Å². The average molecular weight is 372 g/mol. The molecule has 2 heterocycles. The predicted octanol–water partition coefficient (Wildman–Crippen LogP) is 2.68. The first-order valence-corrected chi connectivity index (χ1v) is 10.5. The number of piperidine rings is 1. The van der Waals surface area contributed by atoms with Gasteiger partial charge >= 0.3 is 0 Å². The van der Waals surface area contributed by atoms with Crippen LogP contribution < -0.4 is 10.6 Å². The van der Waals surface area contributed by atoms with Crippen LogP contribution in [0, 0.1) is 5.92 Å². The number of nitrogens with zero attached hydrogens (tertiary/aromatic N) is 1. The number of carbonyl (C=O) groups excluding carboxylic acids is 2. The minimum atomic E-state index is -0.0255. The van der Waals surface area contributed by atoms with Crippen molar-refractivity contribution in [3.05, 3.63) is 35.9 Å². The van der Waals surface area contributed by atoms with Gasteiger partial charge in [-0.25, -0.2) is 0 Å². The fourth-order valence-electron chi connectivity index (χ4n) is 4.30. The Balaban J connectivity index is 1.48. The minimum absolute atomic E-state index is 0.0255. The van der Waals surface area contributed by atoms with Gasteiger partial charge in [0.25, 0.3) is 0 Å². The van der Waals surface area contributed by atoms with E-state index in [9.17, 15) is 9.59 Å². The van der Waals surface area contributed by atoms with Gasteiger partial charge in [0.05, 0.1) is 6.04 Å². The molecule has 2 fully saturated rings. The number of carbonyl (C=O) groups is 2. The van der Waals surface area contributed by atoms with Gasteiger partial charge in [-0.2, -0.15) is 0 Å². The Morgan fingerprint density at radius 1 is 1.22 bits per heavy atom. The smallest absolute Gasteiger partial charge is 0.237 e. The van der Waals surface area contributed by atoms with Gasteiger partial charge in [-0.05, 0) is 56.0 Å². The van der Waals surface area contributed by atoms with Crippen molar-refractivity contribution in [1.82, 2.24) is 15.5 Å². The van der Waals surface area contributed by atoms with E-state index >= 15 is 0 Å². The second kappa shape index (κ2) is 9.88. The van der Waals surface area contributed by atoms with Crippen LogP contribution in [-0.4, -0.2) is 48.9 Å². The highest BCUT2D eigenvalue weighted by atomic mass is 16.2. The second-order valence-electron chi connectivity index (χ2n) is 7.96. The zero-order chi connectivity index (χ0) is 19.1. The van der Waals surface area contributed by atoms with Crippen LogP contribution in [0.4, 0.5) is 0 Å². The average Bonchev–Trinajstić information content (AvgIpc) is 3.26. The summed E-state index contributed by atoms with van der Waals surface area (Å²) in [6.45, 7) is 5.37. The molecule has 148 valence electrons. The Kier molecular flexibility index (Phi) is 7.27. The standard InChI is InChI=1S/C22H33N3O2/c1-2-18(19-9-4-3-5-10-19)14-21(26)25-13-7-8-17(16-25)15-24-22(27)20-11-6-12-23-20/h3-5,9-10,17-18,20,23H,2,6-8,11-16H2,1H3,(H,24,27). The van der Waals surface area contributed by atoms with E-state index in [1.165, 1.54) is 5.56 Å². The highest BCUT2D eigenvalue weighted by molar-refractivity contribution is 5.82. The summed E-state index contributed by atoms with van der Waals surface area (Å²) < 4.78 is 0. The number of hydrogen-bond donors (Lipinski definition) is 2. The molecule has 2 N–H and O–H groups in total. The maximum absolute atomic E-state index is 12.9. The summed E-state index contributed by atoms with van der Waals surface area (Å²) in [5.74, 6) is 1.02. The van der Waals surface area contributed by atoms with Gasteiger partial charge in [0.2, 0.25) is 11.8 Å². The lowest BCUT2D eigenvalue weighted by Crippen LogP contribution is -2.46. The van der Waals surface area contributed by atoms with E-state index in [0.29, 0.717) is 18.9 Å². The van der Waals surface area contributed by atoms with E-state index in [4.69, 9.17) is 0 Å². The third kappa shape index (κ3) is 5.55. The summed E-state index contributed by atoms with van der Waals surface area (Å²) in [6.07, 6.45) is 5.65. The summed E-state index contributed by atoms with van der Waals surface area (Å²) in [6, 6.07) is 10.3. The third-order valence-electron chi connectivity index (χ3n) is 6.00. The first kappa shape index (κ1) is 19.9. The summed E-state index contributed by atoms with van der Waals surface area (Å²) in [5, 5.41) is 6.33. The minimum Gasteiger partial charge on any atom is -0.354 e. The van der Waals surface area contributed by atoms with Crippen molar-refractivity contribution in [2.45, 2.75) is 57.4 Å². The van der Waals surface area contributed by atoms with E-state index in [1.807, 2.05) is 23.1 Å². The van der Waals surface area contributed by atoms with E-state index in [2.05, 4.69) is 29.7 Å². The lowest BCUT2D eigenvalue weighted by atomic mass is 9.91. The highest BCUT2D eigenvalue weighted by Crippen LogP contribution is 2.25. The van der Waals surface area contributed by atoms with Crippen LogP contribution in [0.15, 0.2) is 30.3 Å². The number of likely N-dealkylation sites (tertiary alicyclic amines) is 1. The van der Waals surface area contributed by atoms with Gasteiger partial charge in [0, 0.05) is 26.1 Å². The SMILES string of the molecule is CCC(CC(=O)N1CCCC(CNC(=O)C2CCCN2)C1)c1ccccc1. The molecule has 27 heavy (non-hydrogen) atoms. The Morgan fingerprint density at radius 2 is 2.04 bits per heavy atom. The van der Waals surface area contributed by atoms with E-state index in [0.717, 1.165) is 51.7 Å². The second-order valence-corrected chi connectivity index (χ2v) is 7.96. The summed E-state index contributed by atoms with van der Waals surface area (Å²) in [4.78, 5) is 27.1. The molecule has 1 aromatic carbocycles. The highest BCUT2D eigenvalue weighted by Gasteiger charge is 2.27. The van der Waals surface area contributed by atoms with Gasteiger partial charge in [0.15, 0.2) is 0 Å². The zero-order valence-electron chi connectivity index (χ0n) is 16.5. The number of benzene rings is 1. The van der Waals surface area contributed by atoms with Crippen molar-refractivity contribution in [2.24, 2.45) is 5.92 Å². The number of rotatable bonds is 7. The molecule has 5 heteroatoms. The van der Waals surface area contributed by atoms with E-state index < -0.39 is 0 Å². The fraction of sp³-hybridized carbons (Fsp3) is 0.636. The molecule has 3 atom stereocenters. The van der Waals surface area contributed by atoms with Crippen LogP contribution in [0.1, 0.15) is 56.9 Å². The summed E-state index contributed by atoms with van der Waals surface area (Å²) in [7, 11) is 0. The number of nitrogens with one attached hydrogen (secondary N) is 2. The van der Waals surface area contributed by atoms with Crippen molar-refractivity contribution in [3.8, 4) is 0 Å². The third-order valence-corrected chi connectivity index (χ3v) is 6.00. The molecule has 2 saturated heterocycles. The molecule has 1 aromatic rings. The van der Waals surface area contributed by atoms with E-state index in [-0.39, 0.29) is 23.8 Å². The van der Waals surface area contributed by atoms with Gasteiger partial charge in [-0.3, -0.25) is 9.59 Å². The summed E-state index contributed by atoms with van der Waals surface area (Å²) >= 11 is 0. The molecule has 3 rings (SSSR count). The van der Waals surface area contributed by atoms with Gasteiger partial charge < -0.3 is 15.5 Å². The van der Waals surface area contributed by atoms with Crippen LogP contribution in [-0.2, 0) is 9.59 Å². The van der Waals surface area contributed by atoms with Gasteiger partial charge in [0.1, 0.15) is 0 Å². The Morgan fingerprint density at radius 3 is 2.74 bits per heavy atom. The molecule has 0 radical (unpaired) electrons.